The number of fused-ring (bicyclic) bond motifs is 1. The molecule has 96 valence electrons. The summed E-state index contributed by atoms with van der Waals surface area (Å²) in [4.78, 5) is 26.2. The molecule has 5 heteroatoms. The Bertz CT molecular complexity index is 497. The number of rotatable bonds is 1. The van der Waals surface area contributed by atoms with Crippen molar-refractivity contribution in [2.45, 2.75) is 13.3 Å². The fraction of sp³-hybridized carbons (Fsp3) is 0.385. The highest BCUT2D eigenvalue weighted by molar-refractivity contribution is 5.95. The van der Waals surface area contributed by atoms with Crippen molar-refractivity contribution < 1.29 is 9.59 Å². The fourth-order valence-corrected chi connectivity index (χ4v) is 2.04. The minimum atomic E-state index is -0.156. The van der Waals surface area contributed by atoms with E-state index in [1.807, 2.05) is 18.2 Å². The lowest BCUT2D eigenvalue weighted by Crippen LogP contribution is -2.27. The molecule has 1 aromatic rings. The van der Waals surface area contributed by atoms with Gasteiger partial charge in [-0.1, -0.05) is 0 Å². The Morgan fingerprint density at radius 2 is 2.06 bits per heavy atom. The van der Waals surface area contributed by atoms with Crippen LogP contribution >= 0.6 is 0 Å². The Hall–Kier alpha value is -2.04. The van der Waals surface area contributed by atoms with Crippen LogP contribution in [-0.4, -0.2) is 37.5 Å². The number of hydrogen-bond acceptors (Lipinski definition) is 2. The predicted molar refractivity (Wildman–Crippen MR) is 70.9 cm³/mol. The molecule has 0 bridgehead atoms. The zero-order valence-electron chi connectivity index (χ0n) is 10.9. The van der Waals surface area contributed by atoms with E-state index in [1.165, 1.54) is 4.90 Å². The quantitative estimate of drug-likeness (QED) is 0.821. The molecule has 0 fully saturated rings. The zero-order chi connectivity index (χ0) is 13.3. The number of nitrogens with one attached hydrogen (secondary N) is 1. The van der Waals surface area contributed by atoms with Gasteiger partial charge in [-0.2, -0.15) is 0 Å². The van der Waals surface area contributed by atoms with Gasteiger partial charge in [-0.15, -0.1) is 0 Å². The first-order chi connectivity index (χ1) is 8.49. The van der Waals surface area contributed by atoms with E-state index in [1.54, 1.807) is 25.9 Å². The molecule has 2 rings (SSSR count). The van der Waals surface area contributed by atoms with Crippen molar-refractivity contribution >= 4 is 23.3 Å². The molecule has 1 aliphatic heterocycles. The highest BCUT2D eigenvalue weighted by atomic mass is 16.2. The van der Waals surface area contributed by atoms with Crippen LogP contribution in [0.1, 0.15) is 12.5 Å². The third-order valence-electron chi connectivity index (χ3n) is 3.01. The highest BCUT2D eigenvalue weighted by Gasteiger charge is 2.22. The van der Waals surface area contributed by atoms with E-state index in [4.69, 9.17) is 0 Å². The van der Waals surface area contributed by atoms with Crippen molar-refractivity contribution in [2.24, 2.45) is 0 Å². The molecule has 0 atom stereocenters. The summed E-state index contributed by atoms with van der Waals surface area (Å²) in [6.45, 7) is 2.28. The van der Waals surface area contributed by atoms with Crippen LogP contribution in [0.15, 0.2) is 18.2 Å². The highest BCUT2D eigenvalue weighted by Crippen LogP contribution is 2.30. The molecule has 1 aromatic carbocycles. The molecule has 0 saturated carbocycles. The maximum atomic E-state index is 11.5. The molecule has 5 nitrogen and oxygen atoms in total. The number of carbonyl (C=O) groups is 2. The predicted octanol–water partition coefficient (Wildman–Crippen LogP) is 1.69. The standard InChI is InChI=1S/C13H17N3O2/c1-9(17)16-7-6-10-8-11(4-5-12(10)16)14-13(18)15(2)3/h4-5,8H,6-7H2,1-3H3,(H,14,18). The van der Waals surface area contributed by atoms with Gasteiger partial charge in [0.05, 0.1) is 0 Å². The largest absolute Gasteiger partial charge is 0.331 e. The van der Waals surface area contributed by atoms with E-state index in [-0.39, 0.29) is 11.9 Å². The molecule has 1 N–H and O–H groups in total. The summed E-state index contributed by atoms with van der Waals surface area (Å²) in [7, 11) is 3.39. The first-order valence-corrected chi connectivity index (χ1v) is 5.88. The van der Waals surface area contributed by atoms with Crippen LogP contribution in [0.5, 0.6) is 0 Å². The summed E-state index contributed by atoms with van der Waals surface area (Å²) < 4.78 is 0. The van der Waals surface area contributed by atoms with Crippen molar-refractivity contribution in [2.75, 3.05) is 30.9 Å². The molecule has 3 amide bonds. The summed E-state index contributed by atoms with van der Waals surface area (Å²) in [5.41, 5.74) is 2.81. The summed E-state index contributed by atoms with van der Waals surface area (Å²) in [6.07, 6.45) is 0.834. The number of urea groups is 1. The van der Waals surface area contributed by atoms with Gasteiger partial charge in [0.25, 0.3) is 0 Å². The van der Waals surface area contributed by atoms with Gasteiger partial charge in [-0.3, -0.25) is 4.79 Å². The van der Waals surface area contributed by atoms with Gasteiger partial charge in [0.1, 0.15) is 0 Å². The van der Waals surface area contributed by atoms with Gasteiger partial charge in [-0.05, 0) is 30.2 Å². The second-order valence-electron chi connectivity index (χ2n) is 4.59. The summed E-state index contributed by atoms with van der Waals surface area (Å²) in [6, 6.07) is 5.48. The maximum Gasteiger partial charge on any atom is 0.321 e. The van der Waals surface area contributed by atoms with Crippen LogP contribution < -0.4 is 10.2 Å². The van der Waals surface area contributed by atoms with Crippen LogP contribution in [0.25, 0.3) is 0 Å². The van der Waals surface area contributed by atoms with Crippen LogP contribution in [0.3, 0.4) is 0 Å². The molecular weight excluding hydrogens is 230 g/mol. The Kier molecular flexibility index (Phi) is 3.23. The topological polar surface area (TPSA) is 52.7 Å². The third kappa shape index (κ3) is 2.30. The second-order valence-corrected chi connectivity index (χ2v) is 4.59. The molecular formula is C13H17N3O2. The van der Waals surface area contributed by atoms with E-state index in [2.05, 4.69) is 5.32 Å². The van der Waals surface area contributed by atoms with Gasteiger partial charge < -0.3 is 15.1 Å². The van der Waals surface area contributed by atoms with E-state index >= 15 is 0 Å². The number of amides is 3. The van der Waals surface area contributed by atoms with E-state index in [0.717, 1.165) is 29.9 Å². The summed E-state index contributed by atoms with van der Waals surface area (Å²) >= 11 is 0. The van der Waals surface area contributed by atoms with Crippen LogP contribution in [0, 0.1) is 0 Å². The van der Waals surface area contributed by atoms with Crippen molar-refractivity contribution in [1.29, 1.82) is 0 Å². The van der Waals surface area contributed by atoms with E-state index < -0.39 is 0 Å². The summed E-state index contributed by atoms with van der Waals surface area (Å²) in [5, 5.41) is 2.80. The van der Waals surface area contributed by atoms with Gasteiger partial charge >= 0.3 is 6.03 Å². The van der Waals surface area contributed by atoms with Crippen molar-refractivity contribution in [3.8, 4) is 0 Å². The van der Waals surface area contributed by atoms with Crippen LogP contribution in [0.2, 0.25) is 0 Å². The minimum Gasteiger partial charge on any atom is -0.331 e. The molecule has 0 radical (unpaired) electrons. The molecule has 0 unspecified atom stereocenters. The lowest BCUT2D eigenvalue weighted by molar-refractivity contribution is -0.116. The molecule has 1 heterocycles. The molecule has 18 heavy (non-hydrogen) atoms. The normalized spacial score (nSPS) is 13.2. The van der Waals surface area contributed by atoms with Crippen molar-refractivity contribution in [3.05, 3.63) is 23.8 Å². The van der Waals surface area contributed by atoms with Gasteiger partial charge in [0.2, 0.25) is 5.91 Å². The average Bonchev–Trinajstić information content (AvgIpc) is 2.71. The Balaban J connectivity index is 2.20. The second kappa shape index (κ2) is 4.68. The SMILES string of the molecule is CC(=O)N1CCc2cc(NC(=O)N(C)C)ccc21. The smallest absolute Gasteiger partial charge is 0.321 e. The number of carbonyl (C=O) groups excluding carboxylic acids is 2. The molecule has 1 aliphatic rings. The monoisotopic (exact) mass is 247 g/mol. The molecule has 0 aromatic heterocycles. The average molecular weight is 247 g/mol. The summed E-state index contributed by atoms with van der Waals surface area (Å²) in [5.74, 6) is 0.0545. The maximum absolute atomic E-state index is 11.5. The van der Waals surface area contributed by atoms with E-state index in [0.29, 0.717) is 0 Å². The van der Waals surface area contributed by atoms with Crippen molar-refractivity contribution in [3.63, 3.8) is 0 Å². The molecule has 0 saturated heterocycles. The Labute approximate surface area is 106 Å². The van der Waals surface area contributed by atoms with Crippen molar-refractivity contribution in [1.82, 2.24) is 4.90 Å². The number of benzene rings is 1. The Morgan fingerprint density at radius 1 is 1.33 bits per heavy atom. The number of nitrogens with zero attached hydrogens (tertiary/aromatic N) is 2. The third-order valence-corrected chi connectivity index (χ3v) is 3.01. The van der Waals surface area contributed by atoms with Crippen LogP contribution in [-0.2, 0) is 11.2 Å². The fourth-order valence-electron chi connectivity index (χ4n) is 2.04. The van der Waals surface area contributed by atoms with E-state index in [9.17, 15) is 9.59 Å². The minimum absolute atomic E-state index is 0.0545. The van der Waals surface area contributed by atoms with Gasteiger partial charge in [-0.25, -0.2) is 4.79 Å². The lowest BCUT2D eigenvalue weighted by Gasteiger charge is -2.16. The first kappa shape index (κ1) is 12.4. The lowest BCUT2D eigenvalue weighted by atomic mass is 10.1. The zero-order valence-corrected chi connectivity index (χ0v) is 10.9. The van der Waals surface area contributed by atoms with Crippen LogP contribution in [0.4, 0.5) is 16.2 Å². The molecule has 0 spiro atoms. The first-order valence-electron chi connectivity index (χ1n) is 5.88. The number of anilines is 2. The molecule has 0 aliphatic carbocycles. The Morgan fingerprint density at radius 3 is 2.67 bits per heavy atom. The number of hydrogen-bond donors (Lipinski definition) is 1. The van der Waals surface area contributed by atoms with Gasteiger partial charge in [0.15, 0.2) is 0 Å². The van der Waals surface area contributed by atoms with Gasteiger partial charge in [0, 0.05) is 38.9 Å².